The maximum atomic E-state index is 10.5. The van der Waals surface area contributed by atoms with E-state index in [0.717, 1.165) is 30.6 Å². The number of benzene rings is 1. The van der Waals surface area contributed by atoms with E-state index < -0.39 is 5.97 Å². The Bertz CT molecular complexity index is 316. The van der Waals surface area contributed by atoms with Gasteiger partial charge in [0.25, 0.3) is 0 Å². The SMILES string of the molecule is CCCCOCc1ccc(CC(=O)O)cc1. The highest BCUT2D eigenvalue weighted by Crippen LogP contribution is 2.07. The van der Waals surface area contributed by atoms with Crippen LogP contribution in [0.15, 0.2) is 24.3 Å². The van der Waals surface area contributed by atoms with Crippen molar-refractivity contribution in [1.82, 2.24) is 0 Å². The van der Waals surface area contributed by atoms with E-state index in [2.05, 4.69) is 6.92 Å². The lowest BCUT2D eigenvalue weighted by Gasteiger charge is -2.04. The zero-order chi connectivity index (χ0) is 11.8. The molecular weight excluding hydrogens is 204 g/mol. The van der Waals surface area contributed by atoms with Crippen LogP contribution in [0.3, 0.4) is 0 Å². The van der Waals surface area contributed by atoms with Gasteiger partial charge in [-0.05, 0) is 17.5 Å². The van der Waals surface area contributed by atoms with Crippen LogP contribution in [0.4, 0.5) is 0 Å². The summed E-state index contributed by atoms with van der Waals surface area (Å²) in [5, 5.41) is 8.61. The van der Waals surface area contributed by atoms with Crippen molar-refractivity contribution in [3.8, 4) is 0 Å². The van der Waals surface area contributed by atoms with Gasteiger partial charge in [0.05, 0.1) is 13.0 Å². The summed E-state index contributed by atoms with van der Waals surface area (Å²) in [5.41, 5.74) is 1.91. The number of unbranched alkanes of at least 4 members (excludes halogenated alkanes) is 1. The average Bonchev–Trinajstić information content (AvgIpc) is 2.26. The molecule has 3 heteroatoms. The molecule has 0 saturated carbocycles. The Balaban J connectivity index is 2.36. The summed E-state index contributed by atoms with van der Waals surface area (Å²) < 4.78 is 5.46. The molecule has 16 heavy (non-hydrogen) atoms. The summed E-state index contributed by atoms with van der Waals surface area (Å²) in [6, 6.07) is 7.52. The highest BCUT2D eigenvalue weighted by Gasteiger charge is 2.00. The molecule has 3 nitrogen and oxygen atoms in total. The smallest absolute Gasteiger partial charge is 0.307 e. The second-order valence-electron chi connectivity index (χ2n) is 3.79. The number of carboxylic acids is 1. The monoisotopic (exact) mass is 222 g/mol. The molecule has 0 radical (unpaired) electrons. The van der Waals surface area contributed by atoms with Gasteiger partial charge in [-0.15, -0.1) is 0 Å². The quantitative estimate of drug-likeness (QED) is 0.721. The first-order chi connectivity index (χ1) is 7.72. The third-order valence-electron chi connectivity index (χ3n) is 2.29. The van der Waals surface area contributed by atoms with Crippen LogP contribution >= 0.6 is 0 Å². The minimum atomic E-state index is -0.799. The normalized spacial score (nSPS) is 10.3. The van der Waals surface area contributed by atoms with E-state index in [0.29, 0.717) is 6.61 Å². The predicted octanol–water partition coefficient (Wildman–Crippen LogP) is 2.63. The molecule has 0 fully saturated rings. The number of carbonyl (C=O) groups is 1. The van der Waals surface area contributed by atoms with Gasteiger partial charge in [-0.1, -0.05) is 37.6 Å². The maximum Gasteiger partial charge on any atom is 0.307 e. The van der Waals surface area contributed by atoms with Crippen molar-refractivity contribution in [3.63, 3.8) is 0 Å². The molecule has 1 aromatic rings. The molecule has 0 aliphatic heterocycles. The first kappa shape index (κ1) is 12.7. The van der Waals surface area contributed by atoms with Crippen molar-refractivity contribution in [3.05, 3.63) is 35.4 Å². The molecule has 0 amide bonds. The van der Waals surface area contributed by atoms with Crippen LogP contribution in [-0.4, -0.2) is 17.7 Å². The van der Waals surface area contributed by atoms with Gasteiger partial charge in [-0.2, -0.15) is 0 Å². The van der Waals surface area contributed by atoms with E-state index in [1.807, 2.05) is 24.3 Å². The van der Waals surface area contributed by atoms with Crippen LogP contribution in [0, 0.1) is 0 Å². The summed E-state index contributed by atoms with van der Waals surface area (Å²) in [4.78, 5) is 10.5. The van der Waals surface area contributed by atoms with Crippen LogP contribution in [0.25, 0.3) is 0 Å². The molecule has 0 aromatic heterocycles. The maximum absolute atomic E-state index is 10.5. The lowest BCUT2D eigenvalue weighted by Crippen LogP contribution is -2.00. The molecule has 0 bridgehead atoms. The first-order valence-electron chi connectivity index (χ1n) is 5.59. The van der Waals surface area contributed by atoms with E-state index in [1.165, 1.54) is 0 Å². The van der Waals surface area contributed by atoms with Gasteiger partial charge >= 0.3 is 5.97 Å². The van der Waals surface area contributed by atoms with Crippen LogP contribution in [-0.2, 0) is 22.6 Å². The van der Waals surface area contributed by atoms with Crippen molar-refractivity contribution in [2.75, 3.05) is 6.61 Å². The van der Waals surface area contributed by atoms with E-state index in [1.54, 1.807) is 0 Å². The molecule has 0 aliphatic carbocycles. The van der Waals surface area contributed by atoms with Crippen molar-refractivity contribution < 1.29 is 14.6 Å². The van der Waals surface area contributed by atoms with Crippen molar-refractivity contribution in [2.45, 2.75) is 32.8 Å². The molecule has 0 spiro atoms. The van der Waals surface area contributed by atoms with Gasteiger partial charge in [-0.3, -0.25) is 4.79 Å². The van der Waals surface area contributed by atoms with Crippen LogP contribution in [0.2, 0.25) is 0 Å². The van der Waals surface area contributed by atoms with E-state index in [-0.39, 0.29) is 6.42 Å². The number of carboxylic acid groups (broad SMARTS) is 1. The lowest BCUT2D eigenvalue weighted by atomic mass is 10.1. The Labute approximate surface area is 96.1 Å². The highest BCUT2D eigenvalue weighted by atomic mass is 16.5. The Morgan fingerprint density at radius 3 is 2.44 bits per heavy atom. The van der Waals surface area contributed by atoms with Gasteiger partial charge in [0.1, 0.15) is 0 Å². The number of aliphatic carboxylic acids is 1. The number of rotatable bonds is 7. The van der Waals surface area contributed by atoms with E-state index in [9.17, 15) is 4.79 Å². The Morgan fingerprint density at radius 1 is 1.25 bits per heavy atom. The molecule has 88 valence electrons. The minimum absolute atomic E-state index is 0.0803. The molecule has 1 aromatic carbocycles. The molecule has 0 aliphatic rings. The minimum Gasteiger partial charge on any atom is -0.481 e. The Morgan fingerprint density at radius 2 is 1.88 bits per heavy atom. The van der Waals surface area contributed by atoms with Crippen LogP contribution < -0.4 is 0 Å². The number of ether oxygens (including phenoxy) is 1. The fourth-order valence-electron chi connectivity index (χ4n) is 1.36. The molecule has 1 N–H and O–H groups in total. The van der Waals surface area contributed by atoms with Gasteiger partial charge < -0.3 is 9.84 Å². The van der Waals surface area contributed by atoms with Crippen molar-refractivity contribution in [1.29, 1.82) is 0 Å². The summed E-state index contributed by atoms with van der Waals surface area (Å²) >= 11 is 0. The second kappa shape index (κ2) is 7.01. The standard InChI is InChI=1S/C13H18O3/c1-2-3-8-16-10-12-6-4-11(5-7-12)9-13(14)15/h4-7H,2-3,8-10H2,1H3,(H,14,15). The fourth-order valence-corrected chi connectivity index (χ4v) is 1.36. The zero-order valence-corrected chi connectivity index (χ0v) is 9.61. The Kier molecular flexibility index (Phi) is 5.57. The third-order valence-corrected chi connectivity index (χ3v) is 2.29. The third kappa shape index (κ3) is 4.94. The van der Waals surface area contributed by atoms with Gasteiger partial charge in [-0.25, -0.2) is 0 Å². The summed E-state index contributed by atoms with van der Waals surface area (Å²) in [5.74, 6) is -0.799. The van der Waals surface area contributed by atoms with E-state index in [4.69, 9.17) is 9.84 Å². The van der Waals surface area contributed by atoms with Crippen molar-refractivity contribution >= 4 is 5.97 Å². The molecular formula is C13H18O3. The van der Waals surface area contributed by atoms with Crippen LogP contribution in [0.1, 0.15) is 30.9 Å². The first-order valence-corrected chi connectivity index (χ1v) is 5.59. The van der Waals surface area contributed by atoms with Gasteiger partial charge in [0, 0.05) is 6.61 Å². The average molecular weight is 222 g/mol. The number of hydrogen-bond donors (Lipinski definition) is 1. The molecule has 1 rings (SSSR count). The summed E-state index contributed by atoms with van der Waals surface area (Å²) in [6.07, 6.45) is 2.30. The zero-order valence-electron chi connectivity index (χ0n) is 9.61. The topological polar surface area (TPSA) is 46.5 Å². The highest BCUT2D eigenvalue weighted by molar-refractivity contribution is 5.70. The molecule has 0 saturated heterocycles. The number of hydrogen-bond acceptors (Lipinski definition) is 2. The van der Waals surface area contributed by atoms with Gasteiger partial charge in [0.2, 0.25) is 0 Å². The lowest BCUT2D eigenvalue weighted by molar-refractivity contribution is -0.136. The van der Waals surface area contributed by atoms with Gasteiger partial charge in [0.15, 0.2) is 0 Å². The summed E-state index contributed by atoms with van der Waals surface area (Å²) in [7, 11) is 0. The molecule has 0 atom stereocenters. The summed E-state index contributed by atoms with van der Waals surface area (Å²) in [6.45, 7) is 3.52. The largest absolute Gasteiger partial charge is 0.481 e. The predicted molar refractivity (Wildman–Crippen MR) is 62.3 cm³/mol. The van der Waals surface area contributed by atoms with Crippen molar-refractivity contribution in [2.24, 2.45) is 0 Å². The van der Waals surface area contributed by atoms with E-state index >= 15 is 0 Å². The second-order valence-corrected chi connectivity index (χ2v) is 3.79. The van der Waals surface area contributed by atoms with Crippen LogP contribution in [0.5, 0.6) is 0 Å². The fraction of sp³-hybridized carbons (Fsp3) is 0.462. The molecule has 0 heterocycles. The molecule has 0 unspecified atom stereocenters. The Hall–Kier alpha value is -1.35.